The van der Waals surface area contributed by atoms with Gasteiger partial charge in [-0.25, -0.2) is 0 Å². The molecule has 0 aliphatic carbocycles. The minimum atomic E-state index is 1.00. The first-order valence-electron chi connectivity index (χ1n) is 5.12. The highest BCUT2D eigenvalue weighted by Gasteiger charge is 2.08. The molecule has 0 saturated heterocycles. The fourth-order valence-corrected chi connectivity index (χ4v) is 2.18. The lowest BCUT2D eigenvalue weighted by atomic mass is 10.1. The summed E-state index contributed by atoms with van der Waals surface area (Å²) in [5, 5.41) is 0. The second kappa shape index (κ2) is 4.71. The molecule has 1 aromatic rings. The maximum absolute atomic E-state index is 3.57. The number of nitrogens with zero attached hydrogens (tertiary/aromatic N) is 2. The highest BCUT2D eigenvalue weighted by molar-refractivity contribution is 9.10. The molecule has 1 aromatic carbocycles. The third-order valence-electron chi connectivity index (χ3n) is 2.56. The Morgan fingerprint density at radius 2 is 2.07 bits per heavy atom. The van der Waals surface area contributed by atoms with E-state index in [1.54, 1.807) is 0 Å². The molecule has 0 bridgehead atoms. The van der Waals surface area contributed by atoms with Gasteiger partial charge in [-0.3, -0.25) is 0 Å². The van der Waals surface area contributed by atoms with Crippen LogP contribution in [0.2, 0.25) is 0 Å². The summed E-state index contributed by atoms with van der Waals surface area (Å²) < 4.78 is 1.21. The van der Waals surface area contributed by atoms with Crippen LogP contribution in [0.4, 0.5) is 0 Å². The van der Waals surface area contributed by atoms with Gasteiger partial charge in [0, 0.05) is 30.5 Å². The molecule has 1 heterocycles. The molecule has 1 aliphatic rings. The van der Waals surface area contributed by atoms with Crippen LogP contribution >= 0.6 is 15.9 Å². The van der Waals surface area contributed by atoms with E-state index in [9.17, 15) is 0 Å². The smallest absolute Gasteiger partial charge is 0.0890 e. The Bertz CT molecular complexity index is 362. The average molecular weight is 267 g/mol. The SMILES string of the molecule is CN1C=CN(CCc2ccccc2Br)C1. The predicted molar refractivity (Wildman–Crippen MR) is 66.3 cm³/mol. The lowest BCUT2D eigenvalue weighted by Crippen LogP contribution is -2.24. The Morgan fingerprint density at radius 3 is 2.73 bits per heavy atom. The summed E-state index contributed by atoms with van der Waals surface area (Å²) in [6, 6.07) is 8.41. The highest BCUT2D eigenvalue weighted by atomic mass is 79.9. The minimum absolute atomic E-state index is 1.00. The van der Waals surface area contributed by atoms with Gasteiger partial charge in [-0.2, -0.15) is 0 Å². The van der Waals surface area contributed by atoms with E-state index in [4.69, 9.17) is 0 Å². The van der Waals surface area contributed by atoms with Gasteiger partial charge in [-0.15, -0.1) is 0 Å². The van der Waals surface area contributed by atoms with Gasteiger partial charge < -0.3 is 9.80 Å². The molecule has 80 valence electrons. The molecule has 2 rings (SSSR count). The van der Waals surface area contributed by atoms with Crippen LogP contribution in [-0.2, 0) is 6.42 Å². The zero-order chi connectivity index (χ0) is 10.7. The molecule has 3 heteroatoms. The van der Waals surface area contributed by atoms with E-state index >= 15 is 0 Å². The van der Waals surface area contributed by atoms with Crippen LogP contribution in [0.15, 0.2) is 41.1 Å². The molecule has 0 unspecified atom stereocenters. The van der Waals surface area contributed by atoms with Crippen molar-refractivity contribution >= 4 is 15.9 Å². The number of hydrogen-bond donors (Lipinski definition) is 0. The lowest BCUT2D eigenvalue weighted by molar-refractivity contribution is 0.299. The van der Waals surface area contributed by atoms with Gasteiger partial charge in [-0.1, -0.05) is 34.1 Å². The maximum atomic E-state index is 3.57. The van der Waals surface area contributed by atoms with Crippen molar-refractivity contribution in [3.63, 3.8) is 0 Å². The number of rotatable bonds is 3. The first-order chi connectivity index (χ1) is 7.25. The predicted octanol–water partition coefficient (Wildman–Crippen LogP) is 2.67. The van der Waals surface area contributed by atoms with Crippen LogP contribution in [0.5, 0.6) is 0 Å². The third-order valence-corrected chi connectivity index (χ3v) is 3.34. The molecular weight excluding hydrogens is 252 g/mol. The second-order valence-corrected chi connectivity index (χ2v) is 4.70. The molecule has 0 spiro atoms. The summed E-state index contributed by atoms with van der Waals surface area (Å²) in [6.07, 6.45) is 5.34. The first kappa shape index (κ1) is 10.6. The van der Waals surface area contributed by atoms with E-state index < -0.39 is 0 Å². The molecule has 15 heavy (non-hydrogen) atoms. The second-order valence-electron chi connectivity index (χ2n) is 3.85. The molecule has 1 aliphatic heterocycles. The van der Waals surface area contributed by atoms with Crippen molar-refractivity contribution in [2.24, 2.45) is 0 Å². The lowest BCUT2D eigenvalue weighted by Gasteiger charge is -2.18. The van der Waals surface area contributed by atoms with Gasteiger partial charge in [-0.05, 0) is 18.1 Å². The summed E-state index contributed by atoms with van der Waals surface area (Å²) in [6.45, 7) is 2.08. The number of hydrogen-bond acceptors (Lipinski definition) is 2. The molecule has 0 saturated carbocycles. The van der Waals surface area contributed by atoms with Crippen molar-refractivity contribution in [1.29, 1.82) is 0 Å². The summed E-state index contributed by atoms with van der Waals surface area (Å²) in [4.78, 5) is 4.50. The molecule has 0 N–H and O–H groups in total. The molecule has 0 radical (unpaired) electrons. The monoisotopic (exact) mass is 266 g/mol. The third kappa shape index (κ3) is 2.75. The van der Waals surface area contributed by atoms with Crippen molar-refractivity contribution < 1.29 is 0 Å². The van der Waals surface area contributed by atoms with Gasteiger partial charge in [0.2, 0.25) is 0 Å². The van der Waals surface area contributed by atoms with E-state index in [2.05, 4.69) is 69.4 Å². The average Bonchev–Trinajstić information content (AvgIpc) is 2.63. The minimum Gasteiger partial charge on any atom is -0.362 e. The van der Waals surface area contributed by atoms with Crippen molar-refractivity contribution in [3.8, 4) is 0 Å². The Hall–Kier alpha value is -0.960. The fourth-order valence-electron chi connectivity index (χ4n) is 1.70. The van der Waals surface area contributed by atoms with E-state index in [0.29, 0.717) is 0 Å². The molecule has 0 atom stereocenters. The van der Waals surface area contributed by atoms with E-state index in [1.807, 2.05) is 0 Å². The molecule has 0 fully saturated rings. The van der Waals surface area contributed by atoms with Gasteiger partial charge >= 0.3 is 0 Å². The largest absolute Gasteiger partial charge is 0.362 e. The van der Waals surface area contributed by atoms with Crippen molar-refractivity contribution in [3.05, 3.63) is 46.7 Å². The first-order valence-corrected chi connectivity index (χ1v) is 5.91. The van der Waals surface area contributed by atoms with Gasteiger partial charge in [0.25, 0.3) is 0 Å². The number of halogens is 1. The molecule has 0 aromatic heterocycles. The quantitative estimate of drug-likeness (QED) is 0.830. The van der Waals surface area contributed by atoms with Crippen molar-refractivity contribution in [2.45, 2.75) is 6.42 Å². The van der Waals surface area contributed by atoms with E-state index in [1.165, 1.54) is 10.0 Å². The summed E-state index contributed by atoms with van der Waals surface area (Å²) in [5.41, 5.74) is 1.38. The molecule has 0 amide bonds. The molecular formula is C12H15BrN2. The highest BCUT2D eigenvalue weighted by Crippen LogP contribution is 2.17. The standard InChI is InChI=1S/C12H15BrN2/c1-14-8-9-15(10-14)7-6-11-4-2-3-5-12(11)13/h2-5,8-9H,6-7,10H2,1H3. The van der Waals surface area contributed by atoms with Crippen LogP contribution in [-0.4, -0.2) is 30.1 Å². The van der Waals surface area contributed by atoms with Gasteiger partial charge in [0.05, 0.1) is 6.67 Å². The summed E-state index contributed by atoms with van der Waals surface area (Å²) in [5.74, 6) is 0. The van der Waals surface area contributed by atoms with Crippen LogP contribution in [0, 0.1) is 0 Å². The van der Waals surface area contributed by atoms with Crippen molar-refractivity contribution in [1.82, 2.24) is 9.80 Å². The Kier molecular flexibility index (Phi) is 3.31. The Balaban J connectivity index is 1.89. The van der Waals surface area contributed by atoms with Crippen molar-refractivity contribution in [2.75, 3.05) is 20.3 Å². The Morgan fingerprint density at radius 1 is 1.27 bits per heavy atom. The zero-order valence-electron chi connectivity index (χ0n) is 8.86. The summed E-state index contributed by atoms with van der Waals surface area (Å²) >= 11 is 3.57. The molecule has 2 nitrogen and oxygen atoms in total. The maximum Gasteiger partial charge on any atom is 0.0890 e. The topological polar surface area (TPSA) is 6.48 Å². The Labute approximate surface area is 99.3 Å². The normalized spacial score (nSPS) is 15.1. The van der Waals surface area contributed by atoms with E-state index in [-0.39, 0.29) is 0 Å². The van der Waals surface area contributed by atoms with Crippen LogP contribution < -0.4 is 0 Å². The van der Waals surface area contributed by atoms with Crippen LogP contribution in [0.1, 0.15) is 5.56 Å². The van der Waals surface area contributed by atoms with Gasteiger partial charge in [0.1, 0.15) is 0 Å². The van der Waals surface area contributed by atoms with Crippen LogP contribution in [0.3, 0.4) is 0 Å². The summed E-state index contributed by atoms with van der Waals surface area (Å²) in [7, 11) is 2.09. The fraction of sp³-hybridized carbons (Fsp3) is 0.333. The zero-order valence-corrected chi connectivity index (χ0v) is 10.4. The van der Waals surface area contributed by atoms with Crippen LogP contribution in [0.25, 0.3) is 0 Å². The van der Waals surface area contributed by atoms with E-state index in [0.717, 1.165) is 19.6 Å². The number of benzene rings is 1. The van der Waals surface area contributed by atoms with Gasteiger partial charge in [0.15, 0.2) is 0 Å².